The topological polar surface area (TPSA) is 89.1 Å². The van der Waals surface area contributed by atoms with Gasteiger partial charge in [-0.05, 0) is 48.0 Å². The molecule has 0 bridgehead atoms. The zero-order valence-electron chi connectivity index (χ0n) is 22.6. The number of pyridine rings is 1. The summed E-state index contributed by atoms with van der Waals surface area (Å²) in [4.78, 5) is 49.3. The molecule has 2 aliphatic rings. The second-order valence-electron chi connectivity index (χ2n) is 10.5. The summed E-state index contributed by atoms with van der Waals surface area (Å²) < 4.78 is 0.895. The number of hydrogen-bond donors (Lipinski definition) is 1. The minimum absolute atomic E-state index is 0.0501. The van der Waals surface area contributed by atoms with E-state index in [1.54, 1.807) is 13.8 Å². The second-order valence-corrected chi connectivity index (χ2v) is 11.5. The van der Waals surface area contributed by atoms with Gasteiger partial charge in [-0.1, -0.05) is 35.8 Å². The molecule has 0 saturated carbocycles. The van der Waals surface area contributed by atoms with E-state index < -0.39 is 0 Å². The molecule has 3 heterocycles. The molecule has 2 saturated heterocycles. The zero-order valence-corrected chi connectivity index (χ0v) is 24.2. The van der Waals surface area contributed by atoms with Crippen molar-refractivity contribution in [3.63, 3.8) is 0 Å². The lowest BCUT2D eigenvalue weighted by Crippen LogP contribution is -2.48. The third-order valence-electron chi connectivity index (χ3n) is 7.74. The first kappa shape index (κ1) is 27.1. The molecule has 5 rings (SSSR count). The molecule has 3 amide bonds. The van der Waals surface area contributed by atoms with Crippen LogP contribution in [-0.4, -0.2) is 77.8 Å². The number of rotatable bonds is 6. The number of nitrogens with zero attached hydrogens (tertiary/aromatic N) is 5. The fourth-order valence-corrected chi connectivity index (χ4v) is 5.41. The van der Waals surface area contributed by atoms with E-state index in [1.165, 1.54) is 0 Å². The first-order chi connectivity index (χ1) is 18.6. The van der Waals surface area contributed by atoms with Crippen LogP contribution in [0.4, 0.5) is 11.5 Å². The molecule has 2 atom stereocenters. The van der Waals surface area contributed by atoms with Crippen LogP contribution < -0.4 is 10.3 Å². The number of aromatic nitrogens is 1. The van der Waals surface area contributed by atoms with E-state index >= 15 is 0 Å². The van der Waals surface area contributed by atoms with Crippen LogP contribution >= 0.6 is 15.9 Å². The quantitative estimate of drug-likeness (QED) is 0.433. The van der Waals surface area contributed by atoms with Gasteiger partial charge in [0.25, 0.3) is 17.7 Å². The second kappa shape index (κ2) is 10.9. The van der Waals surface area contributed by atoms with Crippen molar-refractivity contribution in [2.45, 2.75) is 20.4 Å². The first-order valence-corrected chi connectivity index (χ1v) is 13.9. The highest BCUT2D eigenvalue weighted by atomic mass is 79.9. The van der Waals surface area contributed by atoms with Crippen molar-refractivity contribution in [1.29, 1.82) is 0 Å². The van der Waals surface area contributed by atoms with E-state index in [1.807, 2.05) is 72.4 Å². The van der Waals surface area contributed by atoms with Gasteiger partial charge < -0.3 is 9.80 Å². The third-order valence-corrected chi connectivity index (χ3v) is 8.23. The largest absolute Gasteiger partial charge is 0.378 e. The summed E-state index contributed by atoms with van der Waals surface area (Å²) in [5, 5.41) is 2.10. The number of amides is 3. The van der Waals surface area contributed by atoms with Crippen molar-refractivity contribution in [2.75, 3.05) is 50.6 Å². The molecular weight excluding hydrogens is 560 g/mol. The molecule has 0 aliphatic carbocycles. The first-order valence-electron chi connectivity index (χ1n) is 13.1. The van der Waals surface area contributed by atoms with E-state index in [-0.39, 0.29) is 29.6 Å². The number of benzene rings is 2. The van der Waals surface area contributed by atoms with E-state index in [4.69, 9.17) is 4.98 Å². The summed E-state index contributed by atoms with van der Waals surface area (Å²) in [5.74, 6) is -0.736. The van der Waals surface area contributed by atoms with E-state index in [0.717, 1.165) is 44.7 Å². The lowest BCUT2D eigenvalue weighted by Gasteiger charge is -2.35. The number of imide groups is 1. The number of anilines is 2. The average molecular weight is 594 g/mol. The number of halogens is 1. The van der Waals surface area contributed by atoms with Crippen molar-refractivity contribution in [3.8, 4) is 0 Å². The normalized spacial score (nSPS) is 20.1. The van der Waals surface area contributed by atoms with Crippen molar-refractivity contribution in [2.24, 2.45) is 11.8 Å². The molecule has 0 spiro atoms. The highest BCUT2D eigenvalue weighted by Gasteiger charge is 2.43. The van der Waals surface area contributed by atoms with Crippen LogP contribution in [0.15, 0.2) is 53.0 Å². The summed E-state index contributed by atoms with van der Waals surface area (Å²) in [5.41, 5.74) is 6.53. The summed E-state index contributed by atoms with van der Waals surface area (Å²) >= 11 is 3.52. The summed E-state index contributed by atoms with van der Waals surface area (Å²) in [6, 6.07) is 15.6. The maximum Gasteiger partial charge on any atom is 0.253 e. The Bertz CT molecular complexity index is 1400. The number of fused-ring (bicyclic) bond motifs is 1. The Kier molecular flexibility index (Phi) is 7.59. The maximum absolute atomic E-state index is 13.1. The number of hydrogen-bond acceptors (Lipinski definition) is 7. The summed E-state index contributed by atoms with van der Waals surface area (Å²) in [6.07, 6.45) is 0. The van der Waals surface area contributed by atoms with Gasteiger partial charge in [-0.15, -0.1) is 0 Å². The van der Waals surface area contributed by atoms with Crippen LogP contribution in [0.5, 0.6) is 0 Å². The number of nitrogens with one attached hydrogen (secondary N) is 1. The fraction of sp³-hybridized carbons (Fsp3) is 0.379. The molecule has 2 fully saturated rings. The van der Waals surface area contributed by atoms with E-state index in [9.17, 15) is 14.4 Å². The van der Waals surface area contributed by atoms with Crippen LogP contribution in [-0.2, 0) is 16.1 Å². The van der Waals surface area contributed by atoms with Gasteiger partial charge in [0, 0.05) is 79.8 Å². The summed E-state index contributed by atoms with van der Waals surface area (Å²) in [6.45, 7) is 6.95. The van der Waals surface area contributed by atoms with Gasteiger partial charge in [-0.25, -0.2) is 4.98 Å². The Morgan fingerprint density at radius 2 is 1.62 bits per heavy atom. The number of hydrazine groups is 1. The fourth-order valence-electron chi connectivity index (χ4n) is 5.06. The molecule has 39 heavy (non-hydrogen) atoms. The molecule has 3 aromatic rings. The van der Waals surface area contributed by atoms with E-state index in [0.29, 0.717) is 31.0 Å². The van der Waals surface area contributed by atoms with Crippen LogP contribution in [0, 0.1) is 11.8 Å². The van der Waals surface area contributed by atoms with Gasteiger partial charge in [0.2, 0.25) is 0 Å². The van der Waals surface area contributed by atoms with Crippen LogP contribution in [0.2, 0.25) is 0 Å². The molecule has 9 nitrogen and oxygen atoms in total. The van der Waals surface area contributed by atoms with Crippen LogP contribution in [0.3, 0.4) is 0 Å². The Labute approximate surface area is 236 Å². The predicted molar refractivity (Wildman–Crippen MR) is 155 cm³/mol. The van der Waals surface area contributed by atoms with Gasteiger partial charge in [-0.2, -0.15) is 5.01 Å². The molecule has 1 aromatic heterocycles. The molecule has 2 aromatic carbocycles. The third kappa shape index (κ3) is 5.49. The van der Waals surface area contributed by atoms with Crippen molar-refractivity contribution >= 4 is 56.1 Å². The molecular formula is C29H33BrN6O3. The molecule has 0 radical (unpaired) electrons. The van der Waals surface area contributed by atoms with Gasteiger partial charge in [0.05, 0.1) is 5.52 Å². The Hall–Kier alpha value is -3.50. The highest BCUT2D eigenvalue weighted by Crippen LogP contribution is 2.29. The van der Waals surface area contributed by atoms with Crippen molar-refractivity contribution in [3.05, 3.63) is 64.1 Å². The molecule has 204 valence electrons. The minimum Gasteiger partial charge on any atom is -0.378 e. The SMILES string of the molecule is CC1C(=O)N(Nc2cc(CN3CCN(C(=O)c4ccc(N(C)C)cc4)CC3)c3ccc(Br)cc3n2)C(=O)C1C. The Morgan fingerprint density at radius 1 is 0.974 bits per heavy atom. The van der Waals surface area contributed by atoms with Crippen molar-refractivity contribution < 1.29 is 14.4 Å². The smallest absolute Gasteiger partial charge is 0.253 e. The van der Waals surface area contributed by atoms with Crippen LogP contribution in [0.25, 0.3) is 10.9 Å². The number of carbonyl (C=O) groups is 3. The van der Waals surface area contributed by atoms with Crippen LogP contribution in [0.1, 0.15) is 29.8 Å². The van der Waals surface area contributed by atoms with Gasteiger partial charge in [-0.3, -0.25) is 24.7 Å². The summed E-state index contributed by atoms with van der Waals surface area (Å²) in [7, 11) is 3.96. The molecule has 10 heteroatoms. The lowest BCUT2D eigenvalue weighted by atomic mass is 10.00. The molecule has 1 N–H and O–H groups in total. The standard InChI is InChI=1S/C29H33BrN6O3/c1-18-19(2)28(38)36(27(18)37)32-26-15-21(24-10-7-22(30)16-25(24)31-26)17-34-11-13-35(14-12-34)29(39)20-5-8-23(9-6-20)33(3)4/h5-10,15-16,18-19H,11-14,17H2,1-4H3,(H,31,32). The van der Waals surface area contributed by atoms with Gasteiger partial charge >= 0.3 is 0 Å². The van der Waals surface area contributed by atoms with Gasteiger partial charge in [0.1, 0.15) is 5.82 Å². The maximum atomic E-state index is 13.1. The monoisotopic (exact) mass is 592 g/mol. The minimum atomic E-state index is -0.371. The zero-order chi connectivity index (χ0) is 27.8. The Balaban J connectivity index is 1.30. The molecule has 2 aliphatic heterocycles. The van der Waals surface area contributed by atoms with Gasteiger partial charge in [0.15, 0.2) is 0 Å². The highest BCUT2D eigenvalue weighted by molar-refractivity contribution is 9.10. The van der Waals surface area contributed by atoms with E-state index in [2.05, 4.69) is 26.3 Å². The number of carbonyl (C=O) groups excluding carboxylic acids is 3. The number of piperazine rings is 1. The predicted octanol–water partition coefficient (Wildman–Crippen LogP) is 3.99. The average Bonchev–Trinajstić information content (AvgIpc) is 3.10. The molecule has 2 unspecified atom stereocenters. The lowest BCUT2D eigenvalue weighted by molar-refractivity contribution is -0.138. The van der Waals surface area contributed by atoms with Crippen molar-refractivity contribution in [1.82, 2.24) is 19.8 Å². The Morgan fingerprint density at radius 3 is 2.23 bits per heavy atom.